The lowest BCUT2D eigenvalue weighted by Crippen LogP contribution is -2.37. The van der Waals surface area contributed by atoms with Gasteiger partial charge in [-0.15, -0.1) is 0 Å². The molecule has 1 aliphatic heterocycles. The van der Waals surface area contributed by atoms with Crippen LogP contribution in [-0.2, 0) is 17.9 Å². The molecular formula is C22H24N2O5. The molecule has 0 spiro atoms. The van der Waals surface area contributed by atoms with Crippen LogP contribution in [0.4, 0.5) is 0 Å². The summed E-state index contributed by atoms with van der Waals surface area (Å²) >= 11 is 0. The molecule has 0 bridgehead atoms. The molecule has 0 aliphatic carbocycles. The van der Waals surface area contributed by atoms with Crippen LogP contribution in [0.15, 0.2) is 63.8 Å². The highest BCUT2D eigenvalue weighted by atomic mass is 16.6. The highest BCUT2D eigenvalue weighted by molar-refractivity contribution is 5.78. The molecule has 1 unspecified atom stereocenters. The molecule has 29 heavy (non-hydrogen) atoms. The number of hydrogen-bond acceptors (Lipinski definition) is 6. The Morgan fingerprint density at radius 3 is 2.28 bits per heavy atom. The van der Waals surface area contributed by atoms with Crippen LogP contribution in [0, 0.1) is 0 Å². The lowest BCUT2D eigenvalue weighted by Gasteiger charge is -2.23. The predicted molar refractivity (Wildman–Crippen MR) is 106 cm³/mol. The van der Waals surface area contributed by atoms with Crippen molar-refractivity contribution in [3.05, 3.63) is 72.1 Å². The Kier molecular flexibility index (Phi) is 5.86. The molecule has 3 aromatic rings. The minimum absolute atomic E-state index is 0.0782. The number of nitrogens with zero attached hydrogens (tertiary/aromatic N) is 1. The molecule has 7 nitrogen and oxygen atoms in total. The average Bonchev–Trinajstić information content (AvgIpc) is 3.41. The Labute approximate surface area is 169 Å². The number of amides is 1. The van der Waals surface area contributed by atoms with Crippen molar-refractivity contribution in [3.8, 4) is 11.5 Å². The van der Waals surface area contributed by atoms with Crippen LogP contribution in [0.1, 0.15) is 30.0 Å². The molecule has 0 fully saturated rings. The van der Waals surface area contributed by atoms with E-state index in [4.69, 9.17) is 18.3 Å². The summed E-state index contributed by atoms with van der Waals surface area (Å²) < 4.78 is 22.1. The summed E-state index contributed by atoms with van der Waals surface area (Å²) in [5.74, 6) is 2.97. The van der Waals surface area contributed by atoms with Crippen LogP contribution in [0.25, 0.3) is 0 Å². The molecular weight excluding hydrogens is 372 g/mol. The molecule has 1 aromatic carbocycles. The first-order valence-corrected chi connectivity index (χ1v) is 9.63. The van der Waals surface area contributed by atoms with E-state index in [0.29, 0.717) is 32.1 Å². The van der Waals surface area contributed by atoms with Gasteiger partial charge in [0.1, 0.15) is 24.7 Å². The summed E-state index contributed by atoms with van der Waals surface area (Å²) in [5.41, 5.74) is 0.964. The normalized spacial score (nSPS) is 14.0. The summed E-state index contributed by atoms with van der Waals surface area (Å²) in [6.07, 6.45) is 3.26. The number of hydrogen-bond donors (Lipinski definition) is 1. The Hall–Kier alpha value is -3.19. The van der Waals surface area contributed by atoms with E-state index in [9.17, 15) is 4.79 Å². The maximum atomic E-state index is 12.7. The van der Waals surface area contributed by atoms with Crippen molar-refractivity contribution in [1.82, 2.24) is 10.2 Å². The molecule has 1 N–H and O–H groups in total. The van der Waals surface area contributed by atoms with Gasteiger partial charge in [0.2, 0.25) is 5.91 Å². The molecule has 1 amide bonds. The van der Waals surface area contributed by atoms with Gasteiger partial charge in [-0.3, -0.25) is 9.69 Å². The zero-order chi connectivity index (χ0) is 20.1. The van der Waals surface area contributed by atoms with Gasteiger partial charge in [0, 0.05) is 0 Å². The summed E-state index contributed by atoms with van der Waals surface area (Å²) in [6, 6.07) is 13.1. The van der Waals surface area contributed by atoms with Crippen molar-refractivity contribution in [2.75, 3.05) is 19.8 Å². The van der Waals surface area contributed by atoms with Crippen LogP contribution in [0.5, 0.6) is 11.5 Å². The summed E-state index contributed by atoms with van der Waals surface area (Å²) in [6.45, 7) is 4.29. The smallest absolute Gasteiger partial charge is 0.234 e. The van der Waals surface area contributed by atoms with Gasteiger partial charge in [-0.1, -0.05) is 6.07 Å². The number of furan rings is 2. The van der Waals surface area contributed by atoms with Gasteiger partial charge in [0.25, 0.3) is 0 Å². The fourth-order valence-electron chi connectivity index (χ4n) is 3.32. The largest absolute Gasteiger partial charge is 0.486 e. The monoisotopic (exact) mass is 396 g/mol. The molecule has 4 rings (SSSR count). The topological polar surface area (TPSA) is 77.1 Å². The SMILES string of the molecule is CC(NC(=O)CN(Cc1ccco1)Cc1ccco1)c1ccc2c(c1)OCCO2. The van der Waals surface area contributed by atoms with Crippen molar-refractivity contribution < 1.29 is 23.1 Å². The maximum absolute atomic E-state index is 12.7. The van der Waals surface area contributed by atoms with Gasteiger partial charge < -0.3 is 23.6 Å². The van der Waals surface area contributed by atoms with Gasteiger partial charge in [-0.2, -0.15) is 0 Å². The Bertz CT molecular complexity index is 885. The van der Waals surface area contributed by atoms with Crippen LogP contribution >= 0.6 is 0 Å². The predicted octanol–water partition coefficient (Wildman–Crippen LogP) is 3.52. The van der Waals surface area contributed by atoms with Crippen molar-refractivity contribution >= 4 is 5.91 Å². The van der Waals surface area contributed by atoms with Crippen LogP contribution in [0.3, 0.4) is 0 Å². The summed E-state index contributed by atoms with van der Waals surface area (Å²) in [4.78, 5) is 14.7. The standard InChI is InChI=1S/C22H24N2O5/c1-16(17-6-7-20-21(12-17)29-11-10-28-20)23-22(25)15-24(13-18-4-2-8-26-18)14-19-5-3-9-27-19/h2-9,12,16H,10-11,13-15H2,1H3,(H,23,25). The van der Waals surface area contributed by atoms with Crippen LogP contribution in [0.2, 0.25) is 0 Å². The minimum Gasteiger partial charge on any atom is -0.486 e. The van der Waals surface area contributed by atoms with E-state index >= 15 is 0 Å². The van der Waals surface area contributed by atoms with Gasteiger partial charge in [-0.05, 0) is 48.9 Å². The molecule has 3 heterocycles. The lowest BCUT2D eigenvalue weighted by atomic mass is 10.1. The summed E-state index contributed by atoms with van der Waals surface area (Å²) in [5, 5.41) is 3.05. The Morgan fingerprint density at radius 1 is 1.00 bits per heavy atom. The zero-order valence-corrected chi connectivity index (χ0v) is 16.3. The number of rotatable bonds is 8. The molecule has 1 atom stereocenters. The Balaban J connectivity index is 1.39. The minimum atomic E-state index is -0.160. The molecule has 0 saturated carbocycles. The highest BCUT2D eigenvalue weighted by Crippen LogP contribution is 2.32. The average molecular weight is 396 g/mol. The highest BCUT2D eigenvalue weighted by Gasteiger charge is 2.18. The third-order valence-electron chi connectivity index (χ3n) is 4.73. The molecule has 2 aromatic heterocycles. The van der Waals surface area contributed by atoms with Crippen LogP contribution in [-0.4, -0.2) is 30.6 Å². The second-order valence-electron chi connectivity index (χ2n) is 7.00. The van der Waals surface area contributed by atoms with E-state index in [2.05, 4.69) is 5.32 Å². The fourth-order valence-corrected chi connectivity index (χ4v) is 3.32. The van der Waals surface area contributed by atoms with Gasteiger partial charge >= 0.3 is 0 Å². The van der Waals surface area contributed by atoms with E-state index < -0.39 is 0 Å². The third-order valence-corrected chi connectivity index (χ3v) is 4.73. The second-order valence-corrected chi connectivity index (χ2v) is 7.00. The van der Waals surface area contributed by atoms with Crippen LogP contribution < -0.4 is 14.8 Å². The molecule has 1 aliphatic rings. The van der Waals surface area contributed by atoms with E-state index in [1.165, 1.54) is 0 Å². The zero-order valence-electron chi connectivity index (χ0n) is 16.3. The Morgan fingerprint density at radius 2 is 1.66 bits per heavy atom. The second kappa shape index (κ2) is 8.87. The summed E-state index contributed by atoms with van der Waals surface area (Å²) in [7, 11) is 0. The van der Waals surface area contributed by atoms with Crippen molar-refractivity contribution in [3.63, 3.8) is 0 Å². The first kappa shape index (κ1) is 19.1. The van der Waals surface area contributed by atoms with Crippen molar-refractivity contribution in [2.45, 2.75) is 26.1 Å². The molecule has 152 valence electrons. The number of carbonyl (C=O) groups excluding carboxylic acids is 1. The lowest BCUT2D eigenvalue weighted by molar-refractivity contribution is -0.123. The fraction of sp³-hybridized carbons (Fsp3) is 0.318. The van der Waals surface area contributed by atoms with Gasteiger partial charge in [0.05, 0.1) is 38.2 Å². The molecule has 0 radical (unpaired) electrons. The van der Waals surface area contributed by atoms with Gasteiger partial charge in [-0.25, -0.2) is 0 Å². The number of benzene rings is 1. The third kappa shape index (κ3) is 5.00. The van der Waals surface area contributed by atoms with E-state index in [1.54, 1.807) is 12.5 Å². The molecule has 7 heteroatoms. The first-order chi connectivity index (χ1) is 14.2. The quantitative estimate of drug-likeness (QED) is 0.628. The number of carbonyl (C=O) groups is 1. The van der Waals surface area contributed by atoms with Crippen molar-refractivity contribution in [2.24, 2.45) is 0 Å². The number of nitrogens with one attached hydrogen (secondary N) is 1. The maximum Gasteiger partial charge on any atom is 0.234 e. The van der Waals surface area contributed by atoms with E-state index in [0.717, 1.165) is 22.8 Å². The van der Waals surface area contributed by atoms with E-state index in [-0.39, 0.29) is 18.5 Å². The first-order valence-electron chi connectivity index (χ1n) is 9.63. The number of ether oxygens (including phenoxy) is 2. The van der Waals surface area contributed by atoms with E-state index in [1.807, 2.05) is 54.3 Å². The van der Waals surface area contributed by atoms with Crippen molar-refractivity contribution in [1.29, 1.82) is 0 Å². The number of fused-ring (bicyclic) bond motifs is 1. The van der Waals surface area contributed by atoms with Gasteiger partial charge in [0.15, 0.2) is 11.5 Å². The molecule has 0 saturated heterocycles.